The highest BCUT2D eigenvalue weighted by Crippen LogP contribution is 2.35. The van der Waals surface area contributed by atoms with E-state index < -0.39 is 11.7 Å². The van der Waals surface area contributed by atoms with Gasteiger partial charge >= 0.3 is 6.18 Å². The molecule has 0 amide bonds. The van der Waals surface area contributed by atoms with Crippen LogP contribution in [0, 0.1) is 6.92 Å². The van der Waals surface area contributed by atoms with Crippen LogP contribution in [0.5, 0.6) is 0 Å². The molecule has 0 radical (unpaired) electrons. The van der Waals surface area contributed by atoms with Crippen molar-refractivity contribution in [3.8, 4) is 10.4 Å². The van der Waals surface area contributed by atoms with Gasteiger partial charge in [0.15, 0.2) is 0 Å². The summed E-state index contributed by atoms with van der Waals surface area (Å²) < 4.78 is 38.2. The van der Waals surface area contributed by atoms with E-state index in [9.17, 15) is 13.2 Å². The third kappa shape index (κ3) is 4.25. The first kappa shape index (κ1) is 18.5. The minimum Gasteiger partial charge on any atom is -0.166 e. The van der Waals surface area contributed by atoms with Gasteiger partial charge < -0.3 is 0 Å². The van der Waals surface area contributed by atoms with Gasteiger partial charge in [0, 0.05) is 9.75 Å². The Hall–Kier alpha value is -2.33. The Kier molecular flexibility index (Phi) is 5.33. The number of alkyl halides is 3. The van der Waals surface area contributed by atoms with Crippen LogP contribution in [0.2, 0.25) is 0 Å². The molecular weight excluding hydrogens is 353 g/mol. The van der Waals surface area contributed by atoms with Crippen LogP contribution < -0.4 is 0 Å². The van der Waals surface area contributed by atoms with Crippen molar-refractivity contribution >= 4 is 17.4 Å². The zero-order chi connectivity index (χ0) is 18.7. The van der Waals surface area contributed by atoms with Crippen LogP contribution in [0.15, 0.2) is 61.2 Å². The van der Waals surface area contributed by atoms with Crippen LogP contribution in [0.4, 0.5) is 13.2 Å². The van der Waals surface area contributed by atoms with E-state index in [1.54, 1.807) is 11.3 Å². The second kappa shape index (κ2) is 7.50. The molecule has 0 spiro atoms. The van der Waals surface area contributed by atoms with Gasteiger partial charge in [0.2, 0.25) is 0 Å². The molecule has 0 bridgehead atoms. The summed E-state index contributed by atoms with van der Waals surface area (Å²) >= 11 is 1.62. The van der Waals surface area contributed by atoms with E-state index in [1.165, 1.54) is 28.1 Å². The van der Waals surface area contributed by atoms with Crippen LogP contribution >= 0.6 is 11.3 Å². The van der Waals surface area contributed by atoms with Crippen LogP contribution in [0.1, 0.15) is 27.1 Å². The van der Waals surface area contributed by atoms with Crippen molar-refractivity contribution in [2.24, 2.45) is 0 Å². The molecule has 0 saturated heterocycles. The third-order valence-corrected chi connectivity index (χ3v) is 5.54. The van der Waals surface area contributed by atoms with Crippen molar-refractivity contribution in [2.75, 3.05) is 0 Å². The standard InChI is InChI=1S/C22H19F3S/c1-3-17-14-21(18-8-10-19(11-9-18)22(23,24)25)26-20(17)12-7-16-6-4-5-15(2)13-16/h3-6,8-11,13-14H,1,7,12H2,2H3. The quantitative estimate of drug-likeness (QED) is 0.445. The molecule has 3 rings (SSSR count). The van der Waals surface area contributed by atoms with Crippen molar-refractivity contribution in [3.05, 3.63) is 88.3 Å². The average Bonchev–Trinajstić information content (AvgIpc) is 3.03. The first-order valence-corrected chi connectivity index (χ1v) is 9.17. The minimum absolute atomic E-state index is 0.624. The summed E-state index contributed by atoms with van der Waals surface area (Å²) in [7, 11) is 0. The Morgan fingerprint density at radius 1 is 1.00 bits per heavy atom. The Bertz CT molecular complexity index is 902. The topological polar surface area (TPSA) is 0 Å². The van der Waals surface area contributed by atoms with Gasteiger partial charge in [0.05, 0.1) is 5.56 Å². The molecule has 0 aliphatic rings. The summed E-state index contributed by atoms with van der Waals surface area (Å²) in [6.45, 7) is 5.95. The number of halogens is 3. The lowest BCUT2D eigenvalue weighted by Gasteiger charge is -2.06. The molecule has 0 unspecified atom stereocenters. The van der Waals surface area contributed by atoms with Crippen LogP contribution in [-0.2, 0) is 19.0 Å². The number of aryl methyl sites for hydroxylation is 3. The first-order chi connectivity index (χ1) is 12.4. The molecule has 4 heteroatoms. The summed E-state index contributed by atoms with van der Waals surface area (Å²) in [6.07, 6.45) is -0.680. The summed E-state index contributed by atoms with van der Waals surface area (Å²) in [5.41, 5.74) is 3.75. The molecule has 1 heterocycles. The summed E-state index contributed by atoms with van der Waals surface area (Å²) in [5.74, 6) is 0. The molecule has 1 aromatic heterocycles. The first-order valence-electron chi connectivity index (χ1n) is 8.35. The maximum Gasteiger partial charge on any atom is 0.416 e. The van der Waals surface area contributed by atoms with Crippen LogP contribution in [0.3, 0.4) is 0 Å². The fourth-order valence-electron chi connectivity index (χ4n) is 2.90. The van der Waals surface area contributed by atoms with Crippen molar-refractivity contribution in [2.45, 2.75) is 25.9 Å². The zero-order valence-corrected chi connectivity index (χ0v) is 15.3. The van der Waals surface area contributed by atoms with Gasteiger partial charge in [-0.3, -0.25) is 0 Å². The van der Waals surface area contributed by atoms with E-state index in [4.69, 9.17) is 0 Å². The second-order valence-electron chi connectivity index (χ2n) is 6.26. The van der Waals surface area contributed by atoms with Crippen molar-refractivity contribution in [1.82, 2.24) is 0 Å². The average molecular weight is 372 g/mol. The lowest BCUT2D eigenvalue weighted by molar-refractivity contribution is -0.137. The van der Waals surface area contributed by atoms with E-state index >= 15 is 0 Å². The fourth-order valence-corrected chi connectivity index (χ4v) is 4.07. The SMILES string of the molecule is C=Cc1cc(-c2ccc(C(F)(F)F)cc2)sc1CCc1cccc(C)c1. The fraction of sp³-hybridized carbons (Fsp3) is 0.182. The van der Waals surface area contributed by atoms with E-state index in [0.29, 0.717) is 0 Å². The number of benzene rings is 2. The molecule has 0 N–H and O–H groups in total. The molecule has 0 atom stereocenters. The van der Waals surface area contributed by atoms with Crippen molar-refractivity contribution in [1.29, 1.82) is 0 Å². The molecule has 0 saturated carbocycles. The van der Waals surface area contributed by atoms with E-state index in [1.807, 2.05) is 12.1 Å². The summed E-state index contributed by atoms with van der Waals surface area (Å²) in [4.78, 5) is 2.17. The van der Waals surface area contributed by atoms with Crippen LogP contribution in [-0.4, -0.2) is 0 Å². The minimum atomic E-state index is -4.31. The van der Waals surface area contributed by atoms with Gasteiger partial charge in [0.1, 0.15) is 0 Å². The van der Waals surface area contributed by atoms with E-state index in [0.717, 1.165) is 41.0 Å². The van der Waals surface area contributed by atoms with Crippen LogP contribution in [0.25, 0.3) is 16.5 Å². The van der Waals surface area contributed by atoms with Gasteiger partial charge in [-0.05, 0) is 54.7 Å². The Morgan fingerprint density at radius 3 is 2.35 bits per heavy atom. The van der Waals surface area contributed by atoms with Gasteiger partial charge in [-0.25, -0.2) is 0 Å². The highest BCUT2D eigenvalue weighted by molar-refractivity contribution is 7.15. The highest BCUT2D eigenvalue weighted by atomic mass is 32.1. The monoisotopic (exact) mass is 372 g/mol. The van der Waals surface area contributed by atoms with Gasteiger partial charge in [-0.1, -0.05) is 54.6 Å². The Morgan fingerprint density at radius 2 is 1.73 bits per heavy atom. The lowest BCUT2D eigenvalue weighted by atomic mass is 10.0. The highest BCUT2D eigenvalue weighted by Gasteiger charge is 2.30. The molecule has 3 aromatic rings. The molecule has 0 fully saturated rings. The molecule has 0 aliphatic carbocycles. The maximum atomic E-state index is 12.7. The van der Waals surface area contributed by atoms with Crippen molar-refractivity contribution < 1.29 is 13.2 Å². The smallest absolute Gasteiger partial charge is 0.166 e. The molecule has 26 heavy (non-hydrogen) atoms. The van der Waals surface area contributed by atoms with Gasteiger partial charge in [-0.2, -0.15) is 13.2 Å². The second-order valence-corrected chi connectivity index (χ2v) is 7.39. The number of rotatable bonds is 5. The summed E-state index contributed by atoms with van der Waals surface area (Å²) in [6, 6.07) is 15.8. The molecule has 0 aliphatic heterocycles. The van der Waals surface area contributed by atoms with E-state index in [2.05, 4.69) is 37.8 Å². The Labute approximate surface area is 155 Å². The number of hydrogen-bond acceptors (Lipinski definition) is 1. The van der Waals surface area contributed by atoms with E-state index in [-0.39, 0.29) is 0 Å². The maximum absolute atomic E-state index is 12.7. The molecule has 0 nitrogen and oxygen atoms in total. The molecular formula is C22H19F3S. The van der Waals surface area contributed by atoms with Gasteiger partial charge in [-0.15, -0.1) is 11.3 Å². The normalized spacial score (nSPS) is 11.5. The Balaban J connectivity index is 1.81. The molecule has 134 valence electrons. The number of hydrogen-bond donors (Lipinski definition) is 0. The molecule has 2 aromatic carbocycles. The zero-order valence-electron chi connectivity index (χ0n) is 14.4. The van der Waals surface area contributed by atoms with Gasteiger partial charge in [0.25, 0.3) is 0 Å². The number of thiophene rings is 1. The predicted octanol–water partition coefficient (Wildman–Crippen LogP) is 7.17. The summed E-state index contributed by atoms with van der Waals surface area (Å²) in [5, 5.41) is 0. The lowest BCUT2D eigenvalue weighted by Crippen LogP contribution is -2.03. The predicted molar refractivity (Wildman–Crippen MR) is 103 cm³/mol. The largest absolute Gasteiger partial charge is 0.416 e. The van der Waals surface area contributed by atoms with Crippen molar-refractivity contribution in [3.63, 3.8) is 0 Å². The third-order valence-electron chi connectivity index (χ3n) is 4.28.